The van der Waals surface area contributed by atoms with Gasteiger partial charge in [0.15, 0.2) is 0 Å². The van der Waals surface area contributed by atoms with Crippen LogP contribution >= 0.6 is 0 Å². The first-order valence-corrected chi connectivity index (χ1v) is 11.6. The first-order chi connectivity index (χ1) is 15.1. The Morgan fingerprint density at radius 3 is 2.52 bits per heavy atom. The summed E-state index contributed by atoms with van der Waals surface area (Å²) in [6, 6.07) is 13.3. The second-order valence-electron chi connectivity index (χ2n) is 9.26. The average molecular weight is 420 g/mol. The number of benzene rings is 2. The van der Waals surface area contributed by atoms with E-state index in [1.165, 1.54) is 69.1 Å². The van der Waals surface area contributed by atoms with E-state index in [4.69, 9.17) is 10.00 Å². The molecule has 2 aliphatic carbocycles. The largest absolute Gasteiger partial charge is 0.423 e. The van der Waals surface area contributed by atoms with Gasteiger partial charge in [-0.2, -0.15) is 5.26 Å². The smallest absolute Gasteiger partial charge is 0.343 e. The fourth-order valence-electron chi connectivity index (χ4n) is 5.67. The molecule has 0 spiro atoms. The molecule has 0 aliphatic heterocycles. The molecule has 0 bridgehead atoms. The van der Waals surface area contributed by atoms with E-state index in [2.05, 4.69) is 6.92 Å². The minimum Gasteiger partial charge on any atom is -0.423 e. The third-order valence-corrected chi connectivity index (χ3v) is 7.31. The quantitative estimate of drug-likeness (QED) is 0.387. The van der Waals surface area contributed by atoms with Crippen molar-refractivity contribution >= 4 is 5.97 Å². The molecule has 0 aromatic heterocycles. The summed E-state index contributed by atoms with van der Waals surface area (Å²) in [7, 11) is 0. The molecule has 31 heavy (non-hydrogen) atoms. The van der Waals surface area contributed by atoms with Crippen LogP contribution in [0.2, 0.25) is 0 Å². The highest BCUT2D eigenvalue weighted by Crippen LogP contribution is 2.48. The van der Waals surface area contributed by atoms with Gasteiger partial charge in [-0.15, -0.1) is 0 Å². The molecule has 2 aliphatic rings. The van der Waals surface area contributed by atoms with Gasteiger partial charge in [-0.3, -0.25) is 0 Å². The lowest BCUT2D eigenvalue weighted by atomic mass is 9.63. The highest BCUT2D eigenvalue weighted by molar-refractivity contribution is 5.91. The van der Waals surface area contributed by atoms with E-state index < -0.39 is 11.8 Å². The van der Waals surface area contributed by atoms with Gasteiger partial charge in [-0.25, -0.2) is 9.18 Å². The van der Waals surface area contributed by atoms with Gasteiger partial charge in [-0.1, -0.05) is 38.3 Å². The molecule has 2 aromatic carbocycles. The zero-order valence-electron chi connectivity index (χ0n) is 18.1. The SMILES string of the molecule is CCCC1CCC2CC(c3ccc(C(=O)Oc4ccc(C#N)c(F)c4)cc3)CCC2C1. The number of nitriles is 1. The molecule has 4 heteroatoms. The van der Waals surface area contributed by atoms with Crippen molar-refractivity contribution in [3.63, 3.8) is 0 Å². The Morgan fingerprint density at radius 1 is 1.06 bits per heavy atom. The van der Waals surface area contributed by atoms with Crippen LogP contribution < -0.4 is 4.74 Å². The number of hydrogen-bond acceptors (Lipinski definition) is 3. The van der Waals surface area contributed by atoms with Gasteiger partial charge in [0.25, 0.3) is 0 Å². The van der Waals surface area contributed by atoms with Gasteiger partial charge in [0.2, 0.25) is 0 Å². The zero-order valence-corrected chi connectivity index (χ0v) is 18.1. The number of hydrogen-bond donors (Lipinski definition) is 0. The highest BCUT2D eigenvalue weighted by atomic mass is 19.1. The Kier molecular flexibility index (Phi) is 6.70. The molecule has 0 radical (unpaired) electrons. The average Bonchev–Trinajstić information content (AvgIpc) is 2.79. The van der Waals surface area contributed by atoms with Crippen LogP contribution in [0.25, 0.3) is 0 Å². The molecule has 0 heterocycles. The lowest BCUT2D eigenvalue weighted by Gasteiger charge is -2.42. The number of nitrogens with zero attached hydrogens (tertiary/aromatic N) is 1. The number of fused-ring (bicyclic) bond motifs is 1. The number of rotatable bonds is 5. The summed E-state index contributed by atoms with van der Waals surface area (Å²) in [4.78, 5) is 12.4. The summed E-state index contributed by atoms with van der Waals surface area (Å²) in [5, 5.41) is 8.80. The van der Waals surface area contributed by atoms with E-state index >= 15 is 0 Å². The fraction of sp³-hybridized carbons (Fsp3) is 0.481. The number of halogens is 1. The first-order valence-electron chi connectivity index (χ1n) is 11.6. The van der Waals surface area contributed by atoms with E-state index in [0.29, 0.717) is 11.5 Å². The third-order valence-electron chi connectivity index (χ3n) is 7.31. The van der Waals surface area contributed by atoms with Crippen molar-refractivity contribution in [2.75, 3.05) is 0 Å². The summed E-state index contributed by atoms with van der Waals surface area (Å²) in [6.45, 7) is 2.30. The number of carbonyl (C=O) groups excluding carboxylic acids is 1. The van der Waals surface area contributed by atoms with E-state index in [1.807, 2.05) is 24.3 Å². The number of carbonyl (C=O) groups is 1. The Balaban J connectivity index is 1.36. The minimum absolute atomic E-state index is 0.0716. The fourth-order valence-corrected chi connectivity index (χ4v) is 5.67. The summed E-state index contributed by atoms with van der Waals surface area (Å²) in [5.41, 5.74) is 1.68. The molecule has 2 saturated carbocycles. The van der Waals surface area contributed by atoms with Gasteiger partial charge in [0.1, 0.15) is 17.6 Å². The van der Waals surface area contributed by atoms with Gasteiger partial charge >= 0.3 is 5.97 Å². The van der Waals surface area contributed by atoms with Crippen LogP contribution in [-0.2, 0) is 0 Å². The van der Waals surface area contributed by atoms with E-state index in [9.17, 15) is 9.18 Å². The van der Waals surface area contributed by atoms with Crippen LogP contribution in [0.5, 0.6) is 5.75 Å². The van der Waals surface area contributed by atoms with E-state index in [-0.39, 0.29) is 11.3 Å². The van der Waals surface area contributed by atoms with Crippen LogP contribution in [-0.4, -0.2) is 5.97 Å². The molecular formula is C27H30FNO2. The zero-order chi connectivity index (χ0) is 21.8. The molecule has 0 saturated heterocycles. The van der Waals surface area contributed by atoms with Crippen molar-refractivity contribution < 1.29 is 13.9 Å². The molecule has 2 fully saturated rings. The van der Waals surface area contributed by atoms with Crippen LogP contribution in [0, 0.1) is 34.9 Å². The first kappa shape index (κ1) is 21.6. The predicted octanol–water partition coefficient (Wildman–Crippen LogP) is 7.02. The summed E-state index contributed by atoms with van der Waals surface area (Å²) < 4.78 is 19.0. The molecule has 0 N–H and O–H groups in total. The Bertz CT molecular complexity index is 962. The third kappa shape index (κ3) is 4.98. The second-order valence-corrected chi connectivity index (χ2v) is 9.26. The normalized spacial score (nSPS) is 25.3. The molecule has 0 amide bonds. The lowest BCUT2D eigenvalue weighted by molar-refractivity contribution is 0.0734. The van der Waals surface area contributed by atoms with Gasteiger partial charge in [0.05, 0.1) is 11.1 Å². The Labute approximate surface area is 184 Å². The van der Waals surface area contributed by atoms with Crippen LogP contribution in [0.1, 0.15) is 85.7 Å². The monoisotopic (exact) mass is 419 g/mol. The molecule has 2 aromatic rings. The van der Waals surface area contributed by atoms with Crippen molar-refractivity contribution in [1.29, 1.82) is 5.26 Å². The summed E-state index contributed by atoms with van der Waals surface area (Å²) >= 11 is 0. The van der Waals surface area contributed by atoms with E-state index in [0.717, 1.165) is 23.8 Å². The van der Waals surface area contributed by atoms with Crippen LogP contribution in [0.3, 0.4) is 0 Å². The topological polar surface area (TPSA) is 50.1 Å². The van der Waals surface area contributed by atoms with Crippen LogP contribution in [0.4, 0.5) is 4.39 Å². The lowest BCUT2D eigenvalue weighted by Crippen LogP contribution is -2.30. The number of ether oxygens (including phenoxy) is 1. The van der Waals surface area contributed by atoms with Gasteiger partial charge in [-0.05, 0) is 85.6 Å². The van der Waals surface area contributed by atoms with Crippen molar-refractivity contribution in [2.45, 2.75) is 64.2 Å². The molecule has 4 unspecified atom stereocenters. The second kappa shape index (κ2) is 9.64. The van der Waals surface area contributed by atoms with Gasteiger partial charge in [0, 0.05) is 6.07 Å². The van der Waals surface area contributed by atoms with E-state index in [1.54, 1.807) is 6.07 Å². The molecule has 4 atom stereocenters. The molecule has 3 nitrogen and oxygen atoms in total. The van der Waals surface area contributed by atoms with Crippen molar-refractivity contribution in [3.8, 4) is 11.8 Å². The Hall–Kier alpha value is -2.67. The number of esters is 1. The maximum absolute atomic E-state index is 13.7. The van der Waals surface area contributed by atoms with Crippen molar-refractivity contribution in [3.05, 3.63) is 65.0 Å². The maximum atomic E-state index is 13.7. The minimum atomic E-state index is -0.692. The van der Waals surface area contributed by atoms with Crippen LogP contribution in [0.15, 0.2) is 42.5 Å². The molecular weight excluding hydrogens is 389 g/mol. The standard InChI is InChI=1S/C27H30FNO2/c1-2-3-18-4-5-23-15-22(11-10-21(23)14-18)19-6-8-20(9-7-19)27(30)31-25-13-12-24(17-29)26(28)16-25/h6-9,12-13,16,18,21-23H,2-5,10-11,14-15H2,1H3. The summed E-state index contributed by atoms with van der Waals surface area (Å²) in [5.74, 6) is 2.16. The predicted molar refractivity (Wildman–Crippen MR) is 118 cm³/mol. The molecule has 162 valence electrons. The molecule has 4 rings (SSSR count). The maximum Gasteiger partial charge on any atom is 0.343 e. The Morgan fingerprint density at radius 2 is 1.81 bits per heavy atom. The van der Waals surface area contributed by atoms with Crippen molar-refractivity contribution in [1.82, 2.24) is 0 Å². The summed E-state index contributed by atoms with van der Waals surface area (Å²) in [6.07, 6.45) is 10.7. The van der Waals surface area contributed by atoms with Gasteiger partial charge < -0.3 is 4.74 Å². The highest BCUT2D eigenvalue weighted by Gasteiger charge is 2.35. The van der Waals surface area contributed by atoms with Crippen molar-refractivity contribution in [2.24, 2.45) is 17.8 Å².